The minimum atomic E-state index is -0.0244. The van der Waals surface area contributed by atoms with E-state index in [0.717, 1.165) is 17.1 Å². The van der Waals surface area contributed by atoms with E-state index >= 15 is 0 Å². The maximum Gasteiger partial charge on any atom is 0.179 e. The molecule has 0 aliphatic rings. The first-order chi connectivity index (χ1) is 8.54. The van der Waals surface area contributed by atoms with Gasteiger partial charge in [-0.25, -0.2) is 0 Å². The van der Waals surface area contributed by atoms with Gasteiger partial charge in [-0.05, 0) is 44.5 Å². The second-order valence-electron chi connectivity index (χ2n) is 4.52. The van der Waals surface area contributed by atoms with Crippen molar-refractivity contribution < 1.29 is 4.79 Å². The molecule has 0 aliphatic heterocycles. The fourth-order valence-corrected chi connectivity index (χ4v) is 2.43. The standard InChI is InChI=1S/C15H16ClNO/c1-10-5-4-6-13(7-10)17-11(2)8-14(12(17)3)15(18)9-16/h4-8H,9H2,1-3H3. The van der Waals surface area contributed by atoms with Gasteiger partial charge in [0.15, 0.2) is 5.78 Å². The number of hydrogen-bond donors (Lipinski definition) is 0. The van der Waals surface area contributed by atoms with Crippen molar-refractivity contribution in [1.82, 2.24) is 4.57 Å². The predicted molar refractivity (Wildman–Crippen MR) is 75.0 cm³/mol. The third kappa shape index (κ3) is 2.21. The van der Waals surface area contributed by atoms with Crippen molar-refractivity contribution in [2.45, 2.75) is 20.8 Å². The molecule has 0 saturated heterocycles. The number of carbonyl (C=O) groups excluding carboxylic acids is 1. The predicted octanol–water partition coefficient (Wildman–Crippen LogP) is 3.82. The lowest BCUT2D eigenvalue weighted by Gasteiger charge is -2.10. The molecule has 94 valence electrons. The first kappa shape index (κ1) is 12.9. The second-order valence-corrected chi connectivity index (χ2v) is 4.78. The molecule has 2 aromatic rings. The van der Waals surface area contributed by atoms with Gasteiger partial charge in [0.05, 0.1) is 5.88 Å². The summed E-state index contributed by atoms with van der Waals surface area (Å²) >= 11 is 5.63. The monoisotopic (exact) mass is 261 g/mol. The molecular weight excluding hydrogens is 246 g/mol. The number of rotatable bonds is 3. The Kier molecular flexibility index (Phi) is 3.58. The summed E-state index contributed by atoms with van der Waals surface area (Å²) < 4.78 is 2.09. The van der Waals surface area contributed by atoms with Crippen LogP contribution in [0.15, 0.2) is 30.3 Å². The Bertz CT molecular complexity index is 599. The topological polar surface area (TPSA) is 22.0 Å². The molecule has 0 N–H and O–H groups in total. The van der Waals surface area contributed by atoms with Gasteiger partial charge in [0.25, 0.3) is 0 Å². The van der Waals surface area contributed by atoms with Crippen LogP contribution in [0.4, 0.5) is 0 Å². The lowest BCUT2D eigenvalue weighted by molar-refractivity contribution is 0.102. The highest BCUT2D eigenvalue weighted by Crippen LogP contribution is 2.22. The third-order valence-corrected chi connectivity index (χ3v) is 3.36. The number of ketones is 1. The number of aromatic nitrogens is 1. The average molecular weight is 262 g/mol. The number of Topliss-reactive ketones (excluding diaryl/α,β-unsaturated/α-hetero) is 1. The number of benzene rings is 1. The molecule has 18 heavy (non-hydrogen) atoms. The quantitative estimate of drug-likeness (QED) is 0.608. The van der Waals surface area contributed by atoms with Crippen LogP contribution in [-0.4, -0.2) is 16.2 Å². The first-order valence-corrected chi connectivity index (χ1v) is 6.43. The van der Waals surface area contributed by atoms with Gasteiger partial charge in [0.1, 0.15) is 0 Å². The molecule has 1 heterocycles. The molecule has 0 bridgehead atoms. The largest absolute Gasteiger partial charge is 0.318 e. The molecule has 2 nitrogen and oxygen atoms in total. The summed E-state index contributed by atoms with van der Waals surface area (Å²) in [4.78, 5) is 11.8. The fraction of sp³-hybridized carbons (Fsp3) is 0.267. The molecule has 0 unspecified atom stereocenters. The van der Waals surface area contributed by atoms with Crippen LogP contribution >= 0.6 is 11.6 Å². The molecule has 0 saturated carbocycles. The summed E-state index contributed by atoms with van der Waals surface area (Å²) in [6.45, 7) is 6.01. The number of alkyl halides is 1. The molecule has 3 heteroatoms. The van der Waals surface area contributed by atoms with Gasteiger partial charge in [0, 0.05) is 22.6 Å². The SMILES string of the molecule is Cc1cccc(-n2c(C)cc(C(=O)CCl)c2C)c1. The zero-order chi connectivity index (χ0) is 13.3. The van der Waals surface area contributed by atoms with Crippen molar-refractivity contribution in [3.8, 4) is 5.69 Å². The zero-order valence-corrected chi connectivity index (χ0v) is 11.6. The normalized spacial score (nSPS) is 10.7. The first-order valence-electron chi connectivity index (χ1n) is 5.89. The van der Waals surface area contributed by atoms with E-state index in [-0.39, 0.29) is 11.7 Å². The van der Waals surface area contributed by atoms with Crippen molar-refractivity contribution >= 4 is 17.4 Å². The second kappa shape index (κ2) is 4.99. The Labute approximate surface area is 112 Å². The van der Waals surface area contributed by atoms with Crippen LogP contribution in [0.5, 0.6) is 0 Å². The highest BCUT2D eigenvalue weighted by molar-refractivity contribution is 6.30. The number of halogens is 1. The van der Waals surface area contributed by atoms with Crippen molar-refractivity contribution in [2.75, 3.05) is 5.88 Å². The molecule has 0 atom stereocenters. The van der Waals surface area contributed by atoms with Gasteiger partial charge in [0.2, 0.25) is 0 Å². The Hall–Kier alpha value is -1.54. The Morgan fingerprint density at radius 2 is 1.94 bits per heavy atom. The van der Waals surface area contributed by atoms with Crippen LogP contribution in [0.2, 0.25) is 0 Å². The molecule has 0 amide bonds. The van der Waals surface area contributed by atoms with Crippen LogP contribution in [0, 0.1) is 20.8 Å². The number of nitrogens with zero attached hydrogens (tertiary/aromatic N) is 1. The Morgan fingerprint density at radius 1 is 1.22 bits per heavy atom. The molecule has 0 spiro atoms. The number of aryl methyl sites for hydroxylation is 2. The minimum Gasteiger partial charge on any atom is -0.318 e. The molecule has 1 aromatic carbocycles. The van der Waals surface area contributed by atoms with Crippen LogP contribution in [0.1, 0.15) is 27.3 Å². The molecule has 0 radical (unpaired) electrons. The van der Waals surface area contributed by atoms with E-state index in [1.165, 1.54) is 5.56 Å². The van der Waals surface area contributed by atoms with E-state index in [4.69, 9.17) is 11.6 Å². The van der Waals surface area contributed by atoms with Gasteiger partial charge < -0.3 is 4.57 Å². The lowest BCUT2D eigenvalue weighted by Crippen LogP contribution is -2.04. The summed E-state index contributed by atoms with van der Waals surface area (Å²) in [5, 5.41) is 0. The Balaban J connectivity index is 2.59. The summed E-state index contributed by atoms with van der Waals surface area (Å²) in [5.41, 5.74) is 4.99. The molecule has 0 aliphatic carbocycles. The Morgan fingerprint density at radius 3 is 2.56 bits per heavy atom. The minimum absolute atomic E-state index is 0.0244. The van der Waals surface area contributed by atoms with E-state index in [1.807, 2.05) is 32.0 Å². The van der Waals surface area contributed by atoms with Gasteiger partial charge >= 0.3 is 0 Å². The van der Waals surface area contributed by atoms with Crippen molar-refractivity contribution in [3.05, 3.63) is 52.8 Å². The van der Waals surface area contributed by atoms with Gasteiger partial charge in [-0.15, -0.1) is 11.6 Å². The van der Waals surface area contributed by atoms with Gasteiger partial charge in [-0.2, -0.15) is 0 Å². The molecule has 2 rings (SSSR count). The maximum absolute atomic E-state index is 11.8. The van der Waals surface area contributed by atoms with Crippen molar-refractivity contribution in [1.29, 1.82) is 0 Å². The average Bonchev–Trinajstić information content (AvgIpc) is 2.64. The maximum atomic E-state index is 11.8. The fourth-order valence-electron chi connectivity index (χ4n) is 2.28. The molecule has 1 aromatic heterocycles. The molecular formula is C15H16ClNO. The summed E-state index contributed by atoms with van der Waals surface area (Å²) in [5.74, 6) is 0.00152. The van der Waals surface area contributed by atoms with E-state index < -0.39 is 0 Å². The molecule has 0 fully saturated rings. The van der Waals surface area contributed by atoms with Crippen molar-refractivity contribution in [3.63, 3.8) is 0 Å². The van der Waals surface area contributed by atoms with E-state index in [0.29, 0.717) is 5.56 Å². The number of hydrogen-bond acceptors (Lipinski definition) is 1. The third-order valence-electron chi connectivity index (χ3n) is 3.11. The zero-order valence-electron chi connectivity index (χ0n) is 10.8. The van der Waals surface area contributed by atoms with Crippen LogP contribution < -0.4 is 0 Å². The van der Waals surface area contributed by atoms with E-state index in [2.05, 4.69) is 23.6 Å². The van der Waals surface area contributed by atoms with Crippen LogP contribution in [0.25, 0.3) is 5.69 Å². The summed E-state index contributed by atoms with van der Waals surface area (Å²) in [7, 11) is 0. The van der Waals surface area contributed by atoms with E-state index in [1.54, 1.807) is 0 Å². The van der Waals surface area contributed by atoms with E-state index in [9.17, 15) is 4.79 Å². The smallest absolute Gasteiger partial charge is 0.179 e. The van der Waals surface area contributed by atoms with Crippen molar-refractivity contribution in [2.24, 2.45) is 0 Å². The van der Waals surface area contributed by atoms with Crippen LogP contribution in [0.3, 0.4) is 0 Å². The van der Waals surface area contributed by atoms with Gasteiger partial charge in [-0.1, -0.05) is 12.1 Å². The summed E-state index contributed by atoms with van der Waals surface area (Å²) in [6.07, 6.45) is 0. The highest BCUT2D eigenvalue weighted by atomic mass is 35.5. The summed E-state index contributed by atoms with van der Waals surface area (Å²) in [6, 6.07) is 10.1. The highest BCUT2D eigenvalue weighted by Gasteiger charge is 2.15. The lowest BCUT2D eigenvalue weighted by atomic mass is 10.2. The van der Waals surface area contributed by atoms with Gasteiger partial charge in [-0.3, -0.25) is 4.79 Å². The number of carbonyl (C=O) groups is 1. The van der Waals surface area contributed by atoms with Crippen LogP contribution in [-0.2, 0) is 0 Å².